The minimum absolute atomic E-state index is 0.0177. The number of rotatable bonds is 2. The molecule has 1 aromatic heterocycles. The number of Topliss-reactive ketones (excluding diaryl/α,β-unsaturated/α-hetero) is 1. The van der Waals surface area contributed by atoms with Crippen molar-refractivity contribution in [1.29, 1.82) is 0 Å². The summed E-state index contributed by atoms with van der Waals surface area (Å²) in [4.78, 5) is 11.2. The average molecular weight is 223 g/mol. The Labute approximate surface area is 89.7 Å². The molecule has 0 N–H and O–H groups in total. The van der Waals surface area contributed by atoms with Gasteiger partial charge in [-0.05, 0) is 19.1 Å². The Bertz CT molecular complexity index is 549. The van der Waals surface area contributed by atoms with E-state index in [1.54, 1.807) is 0 Å². The quantitative estimate of drug-likeness (QED) is 0.735. The van der Waals surface area contributed by atoms with Crippen molar-refractivity contribution in [1.82, 2.24) is 5.16 Å². The fourth-order valence-electron chi connectivity index (χ4n) is 1.36. The van der Waals surface area contributed by atoms with E-state index in [-0.39, 0.29) is 22.7 Å². The Morgan fingerprint density at radius 3 is 2.75 bits per heavy atom. The summed E-state index contributed by atoms with van der Waals surface area (Å²) in [5.41, 5.74) is 0.189. The molecule has 16 heavy (non-hydrogen) atoms. The molecule has 82 valence electrons. The van der Waals surface area contributed by atoms with Crippen LogP contribution in [0.5, 0.6) is 0 Å². The molecule has 1 heterocycles. The molecule has 0 fully saturated rings. The molecule has 0 bridgehead atoms. The zero-order valence-electron chi connectivity index (χ0n) is 8.33. The smallest absolute Gasteiger partial charge is 0.180 e. The molecular weight excluding hydrogens is 216 g/mol. The molecule has 5 heteroatoms. The molecule has 0 unspecified atom stereocenters. The van der Waals surface area contributed by atoms with Crippen LogP contribution in [0, 0.1) is 11.6 Å². The van der Waals surface area contributed by atoms with Crippen LogP contribution < -0.4 is 0 Å². The SMILES string of the molecule is CC(=O)c1cnoc1-c1ccc(F)cc1F. The molecule has 0 aliphatic carbocycles. The van der Waals surface area contributed by atoms with E-state index < -0.39 is 11.6 Å². The first-order valence-corrected chi connectivity index (χ1v) is 4.50. The molecule has 0 aliphatic rings. The molecular formula is C11H7F2NO2. The van der Waals surface area contributed by atoms with Gasteiger partial charge in [-0.15, -0.1) is 0 Å². The molecule has 2 aromatic rings. The number of carbonyl (C=O) groups excluding carboxylic acids is 1. The van der Waals surface area contributed by atoms with Crippen molar-refractivity contribution in [3.63, 3.8) is 0 Å². The van der Waals surface area contributed by atoms with Gasteiger partial charge in [0.05, 0.1) is 17.3 Å². The van der Waals surface area contributed by atoms with Crippen molar-refractivity contribution >= 4 is 5.78 Å². The van der Waals surface area contributed by atoms with Gasteiger partial charge in [-0.25, -0.2) is 8.78 Å². The third-order valence-corrected chi connectivity index (χ3v) is 2.13. The fraction of sp³-hybridized carbons (Fsp3) is 0.0909. The molecule has 0 amide bonds. The minimum Gasteiger partial charge on any atom is -0.355 e. The molecule has 0 radical (unpaired) electrons. The maximum Gasteiger partial charge on any atom is 0.180 e. The molecule has 0 saturated carbocycles. The Morgan fingerprint density at radius 2 is 2.12 bits per heavy atom. The van der Waals surface area contributed by atoms with Gasteiger partial charge in [0.2, 0.25) is 0 Å². The topological polar surface area (TPSA) is 43.1 Å². The average Bonchev–Trinajstić information content (AvgIpc) is 2.66. The Balaban J connectivity index is 2.59. The zero-order chi connectivity index (χ0) is 11.7. The van der Waals surface area contributed by atoms with Crippen LogP contribution in [0.2, 0.25) is 0 Å². The predicted octanol–water partition coefficient (Wildman–Crippen LogP) is 2.82. The van der Waals surface area contributed by atoms with Crippen molar-refractivity contribution in [3.8, 4) is 11.3 Å². The van der Waals surface area contributed by atoms with Crippen molar-refractivity contribution in [3.05, 3.63) is 41.6 Å². The number of hydrogen-bond donors (Lipinski definition) is 0. The first-order valence-electron chi connectivity index (χ1n) is 4.50. The number of benzene rings is 1. The van der Waals surface area contributed by atoms with E-state index in [1.165, 1.54) is 19.2 Å². The summed E-state index contributed by atoms with van der Waals surface area (Å²) in [5, 5.41) is 3.43. The molecule has 0 spiro atoms. The van der Waals surface area contributed by atoms with Gasteiger partial charge in [-0.1, -0.05) is 5.16 Å². The van der Waals surface area contributed by atoms with Crippen LogP contribution in [-0.4, -0.2) is 10.9 Å². The second-order valence-corrected chi connectivity index (χ2v) is 3.25. The summed E-state index contributed by atoms with van der Waals surface area (Å²) in [6.45, 7) is 1.32. The third-order valence-electron chi connectivity index (χ3n) is 2.13. The largest absolute Gasteiger partial charge is 0.355 e. The highest BCUT2D eigenvalue weighted by molar-refractivity contribution is 5.99. The fourth-order valence-corrected chi connectivity index (χ4v) is 1.36. The summed E-state index contributed by atoms with van der Waals surface area (Å²) < 4.78 is 30.9. The minimum atomic E-state index is -0.792. The lowest BCUT2D eigenvalue weighted by Crippen LogP contribution is -1.94. The lowest BCUT2D eigenvalue weighted by molar-refractivity contribution is 0.101. The first-order chi connectivity index (χ1) is 7.59. The molecule has 3 nitrogen and oxygen atoms in total. The summed E-state index contributed by atoms with van der Waals surface area (Å²) in [6, 6.07) is 3.02. The summed E-state index contributed by atoms with van der Waals surface area (Å²) >= 11 is 0. The number of aromatic nitrogens is 1. The predicted molar refractivity (Wildman–Crippen MR) is 51.9 cm³/mol. The number of nitrogens with zero attached hydrogens (tertiary/aromatic N) is 1. The highest BCUT2D eigenvalue weighted by Gasteiger charge is 2.17. The normalized spacial score (nSPS) is 10.4. The standard InChI is InChI=1S/C11H7F2NO2/c1-6(15)9-5-14-16-11(9)8-3-2-7(12)4-10(8)13/h2-5H,1H3. The molecule has 2 rings (SSSR count). The summed E-state index contributed by atoms with van der Waals surface area (Å²) in [5.74, 6) is -1.76. The maximum absolute atomic E-state index is 13.4. The van der Waals surface area contributed by atoms with Crippen LogP contribution in [-0.2, 0) is 0 Å². The number of hydrogen-bond acceptors (Lipinski definition) is 3. The van der Waals surface area contributed by atoms with Gasteiger partial charge in [-0.2, -0.15) is 0 Å². The van der Waals surface area contributed by atoms with Crippen LogP contribution in [0.25, 0.3) is 11.3 Å². The lowest BCUT2D eigenvalue weighted by Gasteiger charge is -2.00. The molecule has 1 aromatic carbocycles. The maximum atomic E-state index is 13.4. The van der Waals surface area contributed by atoms with Crippen molar-refractivity contribution in [2.75, 3.05) is 0 Å². The van der Waals surface area contributed by atoms with Gasteiger partial charge < -0.3 is 4.52 Å². The monoisotopic (exact) mass is 223 g/mol. The Morgan fingerprint density at radius 1 is 1.38 bits per heavy atom. The van der Waals surface area contributed by atoms with Crippen LogP contribution in [0.4, 0.5) is 8.78 Å². The van der Waals surface area contributed by atoms with E-state index in [0.29, 0.717) is 0 Å². The van der Waals surface area contributed by atoms with E-state index in [9.17, 15) is 13.6 Å². The summed E-state index contributed by atoms with van der Waals surface area (Å²) in [6.07, 6.45) is 1.21. The van der Waals surface area contributed by atoms with Crippen LogP contribution in [0.1, 0.15) is 17.3 Å². The first kappa shape index (κ1) is 10.5. The van der Waals surface area contributed by atoms with E-state index in [4.69, 9.17) is 4.52 Å². The van der Waals surface area contributed by atoms with Crippen LogP contribution >= 0.6 is 0 Å². The number of ketones is 1. The Hall–Kier alpha value is -2.04. The van der Waals surface area contributed by atoms with Gasteiger partial charge in [0.15, 0.2) is 11.5 Å². The molecule has 0 atom stereocenters. The zero-order valence-corrected chi connectivity index (χ0v) is 8.33. The van der Waals surface area contributed by atoms with Crippen molar-refractivity contribution in [2.24, 2.45) is 0 Å². The van der Waals surface area contributed by atoms with E-state index in [2.05, 4.69) is 5.16 Å². The van der Waals surface area contributed by atoms with Crippen molar-refractivity contribution < 1.29 is 18.1 Å². The highest BCUT2D eigenvalue weighted by Crippen LogP contribution is 2.26. The number of carbonyl (C=O) groups is 1. The van der Waals surface area contributed by atoms with Gasteiger partial charge >= 0.3 is 0 Å². The second kappa shape index (κ2) is 3.84. The van der Waals surface area contributed by atoms with Gasteiger partial charge in [0, 0.05) is 6.07 Å². The molecule has 0 aliphatic heterocycles. The second-order valence-electron chi connectivity index (χ2n) is 3.25. The van der Waals surface area contributed by atoms with Gasteiger partial charge in [0.1, 0.15) is 11.6 Å². The highest BCUT2D eigenvalue weighted by atomic mass is 19.1. The molecule has 0 saturated heterocycles. The van der Waals surface area contributed by atoms with E-state index in [1.807, 2.05) is 0 Å². The summed E-state index contributed by atoms with van der Waals surface area (Å²) in [7, 11) is 0. The van der Waals surface area contributed by atoms with Crippen LogP contribution in [0.3, 0.4) is 0 Å². The van der Waals surface area contributed by atoms with Crippen LogP contribution in [0.15, 0.2) is 28.9 Å². The van der Waals surface area contributed by atoms with E-state index >= 15 is 0 Å². The Kier molecular flexibility index (Phi) is 2.52. The number of halogens is 2. The van der Waals surface area contributed by atoms with E-state index in [0.717, 1.165) is 12.1 Å². The van der Waals surface area contributed by atoms with Gasteiger partial charge in [0.25, 0.3) is 0 Å². The third kappa shape index (κ3) is 1.71. The van der Waals surface area contributed by atoms with Crippen molar-refractivity contribution in [2.45, 2.75) is 6.92 Å². The van der Waals surface area contributed by atoms with Gasteiger partial charge in [-0.3, -0.25) is 4.79 Å². The lowest BCUT2D eigenvalue weighted by atomic mass is 10.1.